The summed E-state index contributed by atoms with van der Waals surface area (Å²) in [5.74, 6) is 0.00823. The van der Waals surface area contributed by atoms with Gasteiger partial charge in [-0.15, -0.1) is 0 Å². The third-order valence-corrected chi connectivity index (χ3v) is 9.93. The first kappa shape index (κ1) is 28.0. The van der Waals surface area contributed by atoms with Crippen LogP contribution in [0.15, 0.2) is 48.6 Å². The highest BCUT2D eigenvalue weighted by molar-refractivity contribution is 7.90. The summed E-state index contributed by atoms with van der Waals surface area (Å²) < 4.78 is 34.1. The number of nitrogens with zero attached hydrogens (tertiary/aromatic N) is 1. The summed E-state index contributed by atoms with van der Waals surface area (Å²) in [4.78, 5) is 15.4. The SMILES string of the molecule is C[C@@H]1/C=C/CC(O)[C@@H]2CC[C@H]2CN2CCCCc3cc(Cl)ccc3COc3ccc(cc32)C(=O)NS(=O)(=O)C1. The molecule has 2 aliphatic heterocycles. The Bertz CT molecular complexity index is 1340. The summed E-state index contributed by atoms with van der Waals surface area (Å²) >= 11 is 6.28. The van der Waals surface area contributed by atoms with Crippen molar-refractivity contribution in [2.24, 2.45) is 17.8 Å². The van der Waals surface area contributed by atoms with Crippen LogP contribution < -0.4 is 14.4 Å². The number of ether oxygens (including phenoxy) is 1. The van der Waals surface area contributed by atoms with E-state index in [2.05, 4.69) is 9.62 Å². The van der Waals surface area contributed by atoms with E-state index in [1.165, 1.54) is 5.56 Å². The van der Waals surface area contributed by atoms with Gasteiger partial charge in [0.1, 0.15) is 12.4 Å². The van der Waals surface area contributed by atoms with E-state index in [0.29, 0.717) is 29.7 Å². The molecule has 4 atom stereocenters. The van der Waals surface area contributed by atoms with Gasteiger partial charge in [-0.2, -0.15) is 0 Å². The maximum atomic E-state index is 13.1. The smallest absolute Gasteiger partial charge is 0.264 e. The fourth-order valence-electron chi connectivity index (χ4n) is 5.96. The molecule has 3 aliphatic rings. The molecule has 0 radical (unpaired) electrons. The lowest BCUT2D eigenvalue weighted by Gasteiger charge is -2.43. The van der Waals surface area contributed by atoms with E-state index in [9.17, 15) is 18.3 Å². The molecule has 1 unspecified atom stereocenters. The van der Waals surface area contributed by atoms with E-state index in [0.717, 1.165) is 56.4 Å². The molecule has 5 rings (SSSR count). The highest BCUT2D eigenvalue weighted by atomic mass is 35.5. The standard InChI is InChI=1S/C30H37ClN2O5S/c1-20-5-4-7-28(34)26-12-9-23(26)17-33-14-3-2-6-21-15-25(31)11-8-24(21)18-38-29-13-10-22(16-27(29)33)30(35)32-39(36,37)19-20/h4-5,8,10-11,13,15-16,20,23,26,28,34H,2-3,6-7,9,12,14,17-19H2,1H3,(H,32,35)/b5-4+/t20-,23+,26-,28?/m1/s1. The Morgan fingerprint density at radius 2 is 1.95 bits per heavy atom. The topological polar surface area (TPSA) is 95.9 Å². The second kappa shape index (κ2) is 11.9. The maximum absolute atomic E-state index is 13.1. The van der Waals surface area contributed by atoms with Gasteiger partial charge < -0.3 is 14.7 Å². The van der Waals surface area contributed by atoms with Gasteiger partial charge in [-0.05, 0) is 97.7 Å². The minimum atomic E-state index is -3.85. The molecule has 0 saturated heterocycles. The van der Waals surface area contributed by atoms with Gasteiger partial charge >= 0.3 is 0 Å². The van der Waals surface area contributed by atoms with Crippen LogP contribution in [0, 0.1) is 17.8 Å². The first-order valence-corrected chi connectivity index (χ1v) is 15.9. The molecule has 2 heterocycles. The van der Waals surface area contributed by atoms with Crippen molar-refractivity contribution in [3.05, 3.63) is 70.3 Å². The number of hydrogen-bond acceptors (Lipinski definition) is 6. The van der Waals surface area contributed by atoms with Gasteiger partial charge in [-0.3, -0.25) is 4.79 Å². The molecule has 0 aromatic heterocycles. The highest BCUT2D eigenvalue weighted by Crippen LogP contribution is 2.41. The van der Waals surface area contributed by atoms with Crippen molar-refractivity contribution in [2.45, 2.75) is 58.2 Å². The lowest BCUT2D eigenvalue weighted by atomic mass is 9.69. The fraction of sp³-hybridized carbons (Fsp3) is 0.500. The number of carbonyl (C=O) groups is 1. The molecule has 2 aromatic carbocycles. The molecule has 1 fully saturated rings. The molecule has 2 bridgehead atoms. The maximum Gasteiger partial charge on any atom is 0.264 e. The van der Waals surface area contributed by atoms with Crippen molar-refractivity contribution in [3.8, 4) is 5.75 Å². The van der Waals surface area contributed by atoms with Crippen molar-refractivity contribution < 1.29 is 23.1 Å². The number of aliphatic hydroxyl groups is 1. The molecule has 1 amide bonds. The number of halogens is 1. The molecule has 2 N–H and O–H groups in total. The fourth-order valence-corrected chi connectivity index (χ4v) is 7.44. The zero-order valence-electron chi connectivity index (χ0n) is 22.3. The average Bonchev–Trinajstić information content (AvgIpc) is 2.88. The molecular formula is C30H37ClN2O5S. The Balaban J connectivity index is 1.52. The third kappa shape index (κ3) is 6.79. The first-order valence-electron chi connectivity index (χ1n) is 13.9. The second-order valence-electron chi connectivity index (χ2n) is 11.2. The molecule has 9 heteroatoms. The lowest BCUT2D eigenvalue weighted by Crippen LogP contribution is -2.43. The number of nitrogens with one attached hydrogen (secondary N) is 1. The number of aliphatic hydroxyl groups excluding tert-OH is 1. The molecule has 210 valence electrons. The van der Waals surface area contributed by atoms with E-state index >= 15 is 0 Å². The van der Waals surface area contributed by atoms with Crippen molar-refractivity contribution in [1.82, 2.24) is 4.72 Å². The van der Waals surface area contributed by atoms with Crippen LogP contribution in [0.3, 0.4) is 0 Å². The summed E-state index contributed by atoms with van der Waals surface area (Å²) in [6.45, 7) is 3.65. The van der Waals surface area contributed by atoms with Crippen LogP contribution in [0.4, 0.5) is 5.69 Å². The first-order chi connectivity index (χ1) is 18.7. The normalized spacial score (nSPS) is 28.4. The van der Waals surface area contributed by atoms with Crippen LogP contribution in [0.5, 0.6) is 5.75 Å². The number of anilines is 1. The van der Waals surface area contributed by atoms with E-state index in [1.54, 1.807) is 25.1 Å². The van der Waals surface area contributed by atoms with Crippen LogP contribution in [0.2, 0.25) is 5.02 Å². The van der Waals surface area contributed by atoms with Crippen LogP contribution in [-0.2, 0) is 23.1 Å². The van der Waals surface area contributed by atoms with Gasteiger partial charge in [0, 0.05) is 23.7 Å². The van der Waals surface area contributed by atoms with E-state index in [4.69, 9.17) is 16.3 Å². The predicted octanol–water partition coefficient (Wildman–Crippen LogP) is 5.10. The molecule has 39 heavy (non-hydrogen) atoms. The Hall–Kier alpha value is -2.55. The third-order valence-electron chi connectivity index (χ3n) is 8.24. The Morgan fingerprint density at radius 3 is 2.74 bits per heavy atom. The summed E-state index contributed by atoms with van der Waals surface area (Å²) in [6, 6.07) is 11.0. The number of hydrogen-bond donors (Lipinski definition) is 2. The van der Waals surface area contributed by atoms with Gasteiger partial charge in [-0.25, -0.2) is 13.1 Å². The van der Waals surface area contributed by atoms with Crippen molar-refractivity contribution >= 4 is 33.2 Å². The van der Waals surface area contributed by atoms with Crippen molar-refractivity contribution in [1.29, 1.82) is 0 Å². The molecule has 0 spiro atoms. The number of sulfonamides is 1. The number of benzene rings is 2. The lowest BCUT2D eigenvalue weighted by molar-refractivity contribution is 0.0180. The Labute approximate surface area is 236 Å². The van der Waals surface area contributed by atoms with Gasteiger partial charge in [-0.1, -0.05) is 36.7 Å². The monoisotopic (exact) mass is 572 g/mol. The van der Waals surface area contributed by atoms with Crippen molar-refractivity contribution in [2.75, 3.05) is 23.7 Å². The minimum absolute atomic E-state index is 0.182. The number of amides is 1. The zero-order chi connectivity index (χ0) is 27.6. The van der Waals surface area contributed by atoms with Gasteiger partial charge in [0.15, 0.2) is 0 Å². The summed E-state index contributed by atoms with van der Waals surface area (Å²) in [5.41, 5.74) is 3.30. The van der Waals surface area contributed by atoms with Crippen molar-refractivity contribution in [3.63, 3.8) is 0 Å². The number of fused-ring (bicyclic) bond motifs is 3. The van der Waals surface area contributed by atoms with E-state index in [1.807, 2.05) is 30.4 Å². The molecule has 7 nitrogen and oxygen atoms in total. The largest absolute Gasteiger partial charge is 0.487 e. The van der Waals surface area contributed by atoms with Gasteiger partial charge in [0.25, 0.3) is 5.91 Å². The summed E-state index contributed by atoms with van der Waals surface area (Å²) in [6.07, 6.45) is 8.51. The van der Waals surface area contributed by atoms with Crippen LogP contribution in [0.25, 0.3) is 0 Å². The van der Waals surface area contributed by atoms with Crippen LogP contribution in [0.1, 0.15) is 60.5 Å². The number of rotatable bonds is 0. The van der Waals surface area contributed by atoms with Crippen LogP contribution in [-0.4, -0.2) is 44.4 Å². The predicted molar refractivity (Wildman–Crippen MR) is 154 cm³/mol. The van der Waals surface area contributed by atoms with E-state index in [-0.39, 0.29) is 23.2 Å². The molecule has 2 aromatic rings. The van der Waals surface area contributed by atoms with Gasteiger partial charge in [0.2, 0.25) is 10.0 Å². The highest BCUT2D eigenvalue weighted by Gasteiger charge is 2.37. The van der Waals surface area contributed by atoms with E-state index < -0.39 is 22.0 Å². The quantitative estimate of drug-likeness (QED) is 0.426. The summed E-state index contributed by atoms with van der Waals surface area (Å²) in [5, 5.41) is 11.7. The minimum Gasteiger partial charge on any atom is -0.487 e. The molecular weight excluding hydrogens is 536 g/mol. The summed E-state index contributed by atoms with van der Waals surface area (Å²) in [7, 11) is -3.85. The van der Waals surface area contributed by atoms with Crippen LogP contribution >= 0.6 is 11.6 Å². The Morgan fingerprint density at radius 1 is 1.10 bits per heavy atom. The number of allylic oxidation sites excluding steroid dienone is 1. The zero-order valence-corrected chi connectivity index (χ0v) is 23.9. The Kier molecular flexibility index (Phi) is 8.55. The molecule has 1 aliphatic carbocycles. The van der Waals surface area contributed by atoms with Gasteiger partial charge in [0.05, 0.1) is 17.5 Å². The molecule has 1 saturated carbocycles. The second-order valence-corrected chi connectivity index (χ2v) is 13.4. The average molecular weight is 573 g/mol. The number of carbonyl (C=O) groups excluding carboxylic acids is 1. The number of aryl methyl sites for hydroxylation is 1.